The number of thiocarbonyl (C=S) groups is 1. The van der Waals surface area contributed by atoms with Gasteiger partial charge in [-0.25, -0.2) is 0 Å². The van der Waals surface area contributed by atoms with Gasteiger partial charge in [0.05, 0.1) is 5.52 Å². The number of fused-ring (bicyclic) bond motifs is 1. The Balaban J connectivity index is 2.64. The Morgan fingerprint density at radius 1 is 1.33 bits per heavy atom. The van der Waals surface area contributed by atoms with Gasteiger partial charge in [-0.15, -0.1) is 0 Å². The average molecular weight is 239 g/mol. The van der Waals surface area contributed by atoms with Crippen molar-refractivity contribution in [3.8, 4) is 0 Å². The molecule has 2 nitrogen and oxygen atoms in total. The maximum Gasteiger partial charge on any atom is 0.179 e. The lowest BCUT2D eigenvalue weighted by Gasteiger charge is -2.15. The van der Waals surface area contributed by atoms with E-state index in [1.54, 1.807) is 0 Å². The summed E-state index contributed by atoms with van der Waals surface area (Å²) >= 11 is 11.4. The summed E-state index contributed by atoms with van der Waals surface area (Å²) in [5.74, 6) is 0. The molecule has 0 bridgehead atoms. The van der Waals surface area contributed by atoms with Crippen LogP contribution in [0.3, 0.4) is 0 Å². The van der Waals surface area contributed by atoms with Crippen LogP contribution in [0.4, 0.5) is 0 Å². The maximum absolute atomic E-state index is 6.08. The van der Waals surface area contributed by atoms with E-state index in [2.05, 4.69) is 0 Å². The van der Waals surface area contributed by atoms with Crippen LogP contribution in [-0.4, -0.2) is 28.7 Å². The molecule has 4 heteroatoms. The van der Waals surface area contributed by atoms with Gasteiger partial charge in [0.2, 0.25) is 0 Å². The first-order chi connectivity index (χ1) is 7.11. The molecule has 15 heavy (non-hydrogen) atoms. The summed E-state index contributed by atoms with van der Waals surface area (Å²) in [4.78, 5) is 1.90. The lowest BCUT2D eigenvalue weighted by atomic mass is 10.2. The van der Waals surface area contributed by atoms with Gasteiger partial charge < -0.3 is 4.90 Å². The van der Waals surface area contributed by atoms with Crippen molar-refractivity contribution in [1.29, 1.82) is 0 Å². The summed E-state index contributed by atoms with van der Waals surface area (Å²) in [6.45, 7) is 0. The lowest BCUT2D eigenvalue weighted by Crippen LogP contribution is -2.26. The van der Waals surface area contributed by atoms with Crippen molar-refractivity contribution < 1.29 is 0 Å². The standard InChI is InChI=1S/C11H11ClN2S/c1-13(2)11(15)14-7-6-8-9(12)4-3-5-10(8)14/h3-7H,1-2H3. The average Bonchev–Trinajstić information content (AvgIpc) is 2.61. The number of nitrogens with zero attached hydrogens (tertiary/aromatic N) is 2. The zero-order valence-electron chi connectivity index (χ0n) is 8.57. The molecule has 0 aliphatic carbocycles. The van der Waals surface area contributed by atoms with E-state index in [0.717, 1.165) is 21.0 Å². The Labute approximate surface area is 99.0 Å². The van der Waals surface area contributed by atoms with Crippen molar-refractivity contribution in [2.75, 3.05) is 14.1 Å². The largest absolute Gasteiger partial charge is 0.355 e. The third kappa shape index (κ3) is 1.73. The highest BCUT2D eigenvalue weighted by molar-refractivity contribution is 7.80. The molecule has 2 aromatic rings. The molecule has 0 spiro atoms. The van der Waals surface area contributed by atoms with Crippen LogP contribution in [-0.2, 0) is 0 Å². The van der Waals surface area contributed by atoms with Crippen molar-refractivity contribution >= 4 is 39.8 Å². The smallest absolute Gasteiger partial charge is 0.179 e. The fraction of sp³-hybridized carbons (Fsp3) is 0.182. The second kappa shape index (κ2) is 3.83. The van der Waals surface area contributed by atoms with Crippen LogP contribution in [0.5, 0.6) is 0 Å². The van der Waals surface area contributed by atoms with Crippen LogP contribution in [0.25, 0.3) is 10.9 Å². The molecule has 0 amide bonds. The topological polar surface area (TPSA) is 8.17 Å². The first-order valence-corrected chi connectivity index (χ1v) is 5.37. The summed E-state index contributed by atoms with van der Waals surface area (Å²) < 4.78 is 1.95. The van der Waals surface area contributed by atoms with E-state index in [-0.39, 0.29) is 0 Å². The Morgan fingerprint density at radius 2 is 2.07 bits per heavy atom. The molecule has 0 aliphatic rings. The molecule has 0 aliphatic heterocycles. The van der Waals surface area contributed by atoms with E-state index in [0.29, 0.717) is 0 Å². The molecule has 0 atom stereocenters. The predicted octanol–water partition coefficient (Wildman–Crippen LogP) is 2.99. The molecule has 0 fully saturated rings. The molecule has 2 rings (SSSR count). The third-order valence-corrected chi connectivity index (χ3v) is 3.16. The summed E-state index contributed by atoms with van der Waals surface area (Å²) in [5.41, 5.74) is 1.04. The molecule has 0 radical (unpaired) electrons. The zero-order chi connectivity index (χ0) is 11.0. The molecule has 0 saturated heterocycles. The Bertz CT molecular complexity index is 516. The van der Waals surface area contributed by atoms with E-state index in [4.69, 9.17) is 23.8 Å². The lowest BCUT2D eigenvalue weighted by molar-refractivity contribution is 0.614. The van der Waals surface area contributed by atoms with Crippen LogP contribution in [0.1, 0.15) is 0 Å². The molecule has 78 valence electrons. The van der Waals surface area contributed by atoms with Crippen LogP contribution in [0.2, 0.25) is 5.02 Å². The van der Waals surface area contributed by atoms with E-state index >= 15 is 0 Å². The summed E-state index contributed by atoms with van der Waals surface area (Å²) in [5, 5.41) is 2.54. The number of hydrogen-bond acceptors (Lipinski definition) is 1. The minimum absolute atomic E-state index is 0.757. The molecule has 1 aromatic heterocycles. The second-order valence-electron chi connectivity index (χ2n) is 3.54. The minimum atomic E-state index is 0.757. The molecule has 0 unspecified atom stereocenters. The number of aromatic nitrogens is 1. The number of halogens is 1. The summed E-state index contributed by atoms with van der Waals surface area (Å²) in [6.07, 6.45) is 1.94. The Hall–Kier alpha value is -1.06. The quantitative estimate of drug-likeness (QED) is 0.652. The third-order valence-electron chi connectivity index (χ3n) is 2.27. The van der Waals surface area contributed by atoms with E-state index in [1.807, 2.05) is 54.0 Å². The zero-order valence-corrected chi connectivity index (χ0v) is 10.1. The van der Waals surface area contributed by atoms with Gasteiger partial charge in [0.25, 0.3) is 0 Å². The van der Waals surface area contributed by atoms with E-state index in [1.165, 1.54) is 0 Å². The van der Waals surface area contributed by atoms with Gasteiger partial charge in [0.1, 0.15) is 0 Å². The van der Waals surface area contributed by atoms with Crippen molar-refractivity contribution in [2.45, 2.75) is 0 Å². The van der Waals surface area contributed by atoms with Crippen LogP contribution in [0.15, 0.2) is 30.5 Å². The summed E-state index contributed by atoms with van der Waals surface area (Å²) in [7, 11) is 3.86. The predicted molar refractivity (Wildman–Crippen MR) is 68.6 cm³/mol. The van der Waals surface area contributed by atoms with Crippen LogP contribution in [0, 0.1) is 0 Å². The Kier molecular flexibility index (Phi) is 2.67. The highest BCUT2D eigenvalue weighted by Crippen LogP contribution is 2.24. The molecular weight excluding hydrogens is 228 g/mol. The number of hydrogen-bond donors (Lipinski definition) is 0. The van der Waals surface area contributed by atoms with Gasteiger partial charge >= 0.3 is 0 Å². The minimum Gasteiger partial charge on any atom is -0.355 e. The van der Waals surface area contributed by atoms with Crippen molar-refractivity contribution in [3.63, 3.8) is 0 Å². The molecule has 0 saturated carbocycles. The summed E-state index contributed by atoms with van der Waals surface area (Å²) in [6, 6.07) is 7.80. The SMILES string of the molecule is CN(C)C(=S)n1ccc2c(Cl)cccc21. The van der Waals surface area contributed by atoms with Crippen molar-refractivity contribution in [1.82, 2.24) is 9.47 Å². The Morgan fingerprint density at radius 3 is 2.73 bits per heavy atom. The number of rotatable bonds is 0. The monoisotopic (exact) mass is 238 g/mol. The van der Waals surface area contributed by atoms with Gasteiger partial charge in [0.15, 0.2) is 5.11 Å². The first kappa shape index (κ1) is 10.5. The maximum atomic E-state index is 6.08. The highest BCUT2D eigenvalue weighted by Gasteiger charge is 2.08. The van der Waals surface area contributed by atoms with E-state index in [9.17, 15) is 0 Å². The fourth-order valence-corrected chi connectivity index (χ4v) is 1.90. The first-order valence-electron chi connectivity index (χ1n) is 4.58. The van der Waals surface area contributed by atoms with Crippen LogP contribution < -0.4 is 0 Å². The van der Waals surface area contributed by atoms with Gasteiger partial charge in [0, 0.05) is 30.7 Å². The molecule has 1 aromatic carbocycles. The molecule has 1 heterocycles. The molecule has 0 N–H and O–H groups in total. The van der Waals surface area contributed by atoms with Crippen LogP contribution >= 0.6 is 23.8 Å². The fourth-order valence-electron chi connectivity index (χ4n) is 1.51. The van der Waals surface area contributed by atoms with Crippen molar-refractivity contribution in [3.05, 3.63) is 35.5 Å². The van der Waals surface area contributed by atoms with Gasteiger partial charge in [-0.05, 0) is 30.4 Å². The number of benzene rings is 1. The van der Waals surface area contributed by atoms with E-state index < -0.39 is 0 Å². The highest BCUT2D eigenvalue weighted by atomic mass is 35.5. The second-order valence-corrected chi connectivity index (χ2v) is 4.31. The van der Waals surface area contributed by atoms with Gasteiger partial charge in [-0.1, -0.05) is 17.7 Å². The van der Waals surface area contributed by atoms with Crippen molar-refractivity contribution in [2.24, 2.45) is 0 Å². The van der Waals surface area contributed by atoms with Gasteiger partial charge in [-0.3, -0.25) is 4.57 Å². The molecular formula is C11H11ClN2S. The normalized spacial score (nSPS) is 10.6. The van der Waals surface area contributed by atoms with Gasteiger partial charge in [-0.2, -0.15) is 0 Å².